The molecule has 0 spiro atoms. The number of ether oxygens (including phenoxy) is 1. The normalized spacial score (nSPS) is 17.7. The monoisotopic (exact) mass is 452 g/mol. The van der Waals surface area contributed by atoms with Crippen LogP contribution in [0.15, 0.2) is 78.3 Å². The van der Waals surface area contributed by atoms with Crippen molar-refractivity contribution in [3.8, 4) is 5.75 Å². The maximum atomic E-state index is 13.0. The Bertz CT molecular complexity index is 1170. The lowest BCUT2D eigenvalue weighted by atomic mass is 9.95. The van der Waals surface area contributed by atoms with Gasteiger partial charge in [-0.3, -0.25) is 14.5 Å². The van der Waals surface area contributed by atoms with Gasteiger partial charge in [0.2, 0.25) is 0 Å². The van der Waals surface area contributed by atoms with Crippen LogP contribution in [-0.2, 0) is 9.59 Å². The fraction of sp³-hybridized carbons (Fsp3) is 0.0870. The molecule has 0 saturated carbocycles. The first-order chi connectivity index (χ1) is 15.0. The number of rotatable bonds is 6. The van der Waals surface area contributed by atoms with E-state index in [9.17, 15) is 14.7 Å². The third-order valence-electron chi connectivity index (χ3n) is 4.73. The minimum atomic E-state index is -0.860. The smallest absolute Gasteiger partial charge is 0.301 e. The lowest BCUT2D eigenvalue weighted by Crippen LogP contribution is -2.29. The second-order valence-corrected chi connectivity index (χ2v) is 7.97. The summed E-state index contributed by atoms with van der Waals surface area (Å²) in [5, 5.41) is 13.6. The van der Waals surface area contributed by atoms with Crippen LogP contribution in [0.3, 0.4) is 0 Å². The Morgan fingerprint density at radius 2 is 2.03 bits per heavy atom. The van der Waals surface area contributed by atoms with E-state index in [0.29, 0.717) is 33.6 Å². The van der Waals surface area contributed by atoms with Gasteiger partial charge in [0.15, 0.2) is 5.13 Å². The number of hydrogen-bond acceptors (Lipinski definition) is 6. The number of halogens is 1. The van der Waals surface area contributed by atoms with Crippen molar-refractivity contribution in [2.45, 2.75) is 6.04 Å². The summed E-state index contributed by atoms with van der Waals surface area (Å²) in [5.74, 6) is -1.24. The molecule has 1 aliphatic rings. The summed E-state index contributed by atoms with van der Waals surface area (Å²) >= 11 is 7.40. The number of aliphatic hydroxyl groups is 1. The molecule has 1 aromatic heterocycles. The van der Waals surface area contributed by atoms with E-state index in [1.807, 2.05) is 0 Å². The first kappa shape index (κ1) is 20.8. The molecule has 1 aliphatic heterocycles. The molecule has 0 aliphatic carbocycles. The number of nitrogens with zero attached hydrogens (tertiary/aromatic N) is 2. The standard InChI is InChI=1S/C23H17ClN2O4S/c1-2-11-30-17-8-6-14(7-9-17)20(27)18-19(15-4-3-5-16(24)13-15)26(22(29)21(18)28)23-25-10-12-31-23/h2-10,12-13,19,27H,1,11H2/t19-/m0/s1. The van der Waals surface area contributed by atoms with Gasteiger partial charge in [-0.25, -0.2) is 4.98 Å². The molecule has 1 saturated heterocycles. The quantitative estimate of drug-likeness (QED) is 0.247. The van der Waals surface area contributed by atoms with Crippen LogP contribution in [0.2, 0.25) is 5.02 Å². The zero-order valence-corrected chi connectivity index (χ0v) is 17.8. The van der Waals surface area contributed by atoms with Crippen LogP contribution in [0, 0.1) is 0 Å². The van der Waals surface area contributed by atoms with E-state index >= 15 is 0 Å². The van der Waals surface area contributed by atoms with Gasteiger partial charge in [0.05, 0.1) is 11.6 Å². The molecule has 2 aromatic carbocycles. The summed E-state index contributed by atoms with van der Waals surface area (Å²) in [5.41, 5.74) is 0.951. The Morgan fingerprint density at radius 1 is 1.26 bits per heavy atom. The summed E-state index contributed by atoms with van der Waals surface area (Å²) in [6.45, 7) is 3.95. The third kappa shape index (κ3) is 3.97. The highest BCUT2D eigenvalue weighted by Gasteiger charge is 2.48. The van der Waals surface area contributed by atoms with Gasteiger partial charge in [-0.15, -0.1) is 11.3 Å². The molecule has 0 unspecified atom stereocenters. The zero-order chi connectivity index (χ0) is 22.0. The van der Waals surface area contributed by atoms with E-state index in [1.165, 1.54) is 16.2 Å². The largest absolute Gasteiger partial charge is 0.507 e. The third-order valence-corrected chi connectivity index (χ3v) is 5.74. The van der Waals surface area contributed by atoms with Crippen molar-refractivity contribution in [2.75, 3.05) is 11.5 Å². The van der Waals surface area contributed by atoms with Crippen molar-refractivity contribution in [1.82, 2.24) is 4.98 Å². The van der Waals surface area contributed by atoms with Crippen LogP contribution in [0.4, 0.5) is 5.13 Å². The average Bonchev–Trinajstić information content (AvgIpc) is 3.39. The van der Waals surface area contributed by atoms with Crippen LogP contribution in [0.25, 0.3) is 5.76 Å². The summed E-state index contributed by atoms with van der Waals surface area (Å²) in [6, 6.07) is 12.6. The molecule has 1 amide bonds. The fourth-order valence-electron chi connectivity index (χ4n) is 3.38. The summed E-state index contributed by atoms with van der Waals surface area (Å²) in [7, 11) is 0. The number of anilines is 1. The predicted octanol–water partition coefficient (Wildman–Crippen LogP) is 4.99. The lowest BCUT2D eigenvalue weighted by Gasteiger charge is -2.23. The highest BCUT2D eigenvalue weighted by Crippen LogP contribution is 2.43. The van der Waals surface area contributed by atoms with E-state index in [0.717, 1.165) is 0 Å². The van der Waals surface area contributed by atoms with Crippen molar-refractivity contribution in [3.63, 3.8) is 0 Å². The van der Waals surface area contributed by atoms with Gasteiger partial charge in [0.1, 0.15) is 18.1 Å². The highest BCUT2D eigenvalue weighted by molar-refractivity contribution is 7.14. The van der Waals surface area contributed by atoms with Crippen molar-refractivity contribution >= 4 is 45.5 Å². The van der Waals surface area contributed by atoms with Crippen LogP contribution in [0.5, 0.6) is 5.75 Å². The zero-order valence-electron chi connectivity index (χ0n) is 16.2. The number of aliphatic hydroxyl groups excluding tert-OH is 1. The number of thiazole rings is 1. The molecule has 1 atom stereocenters. The Morgan fingerprint density at radius 3 is 2.68 bits per heavy atom. The second kappa shape index (κ2) is 8.75. The molecule has 1 N–H and O–H groups in total. The van der Waals surface area contributed by atoms with Gasteiger partial charge in [-0.1, -0.05) is 36.4 Å². The first-order valence-electron chi connectivity index (χ1n) is 9.31. The number of benzene rings is 2. The molecule has 6 nitrogen and oxygen atoms in total. The van der Waals surface area contributed by atoms with Gasteiger partial charge in [0, 0.05) is 22.2 Å². The van der Waals surface area contributed by atoms with Crippen molar-refractivity contribution < 1.29 is 19.4 Å². The Balaban J connectivity index is 1.84. The molecule has 156 valence electrons. The van der Waals surface area contributed by atoms with Crippen LogP contribution < -0.4 is 9.64 Å². The number of aromatic nitrogens is 1. The molecular weight excluding hydrogens is 436 g/mol. The maximum absolute atomic E-state index is 13.0. The summed E-state index contributed by atoms with van der Waals surface area (Å²) < 4.78 is 5.46. The highest BCUT2D eigenvalue weighted by atomic mass is 35.5. The van der Waals surface area contributed by atoms with E-state index in [2.05, 4.69) is 11.6 Å². The molecule has 2 heterocycles. The van der Waals surface area contributed by atoms with Gasteiger partial charge in [-0.2, -0.15) is 0 Å². The molecule has 0 bridgehead atoms. The number of hydrogen-bond donors (Lipinski definition) is 1. The first-order valence-corrected chi connectivity index (χ1v) is 10.6. The van der Waals surface area contributed by atoms with Gasteiger partial charge >= 0.3 is 5.91 Å². The average molecular weight is 453 g/mol. The topological polar surface area (TPSA) is 79.7 Å². The van der Waals surface area contributed by atoms with Crippen LogP contribution >= 0.6 is 22.9 Å². The predicted molar refractivity (Wildman–Crippen MR) is 120 cm³/mol. The van der Waals surface area contributed by atoms with E-state index in [-0.39, 0.29) is 11.3 Å². The second-order valence-electron chi connectivity index (χ2n) is 6.66. The Kier molecular flexibility index (Phi) is 5.88. The van der Waals surface area contributed by atoms with Crippen LogP contribution in [-0.4, -0.2) is 28.4 Å². The molecular formula is C23H17ClN2O4S. The molecule has 0 radical (unpaired) electrons. The Labute approximate surface area is 187 Å². The fourth-order valence-corrected chi connectivity index (χ4v) is 4.24. The van der Waals surface area contributed by atoms with Crippen molar-refractivity contribution in [1.29, 1.82) is 0 Å². The minimum absolute atomic E-state index is 0.0257. The molecule has 1 fully saturated rings. The van der Waals surface area contributed by atoms with Gasteiger partial charge in [0.25, 0.3) is 5.78 Å². The minimum Gasteiger partial charge on any atom is -0.507 e. The lowest BCUT2D eigenvalue weighted by molar-refractivity contribution is -0.132. The van der Waals surface area contributed by atoms with Gasteiger partial charge in [-0.05, 0) is 42.0 Å². The number of Topliss-reactive ketones (excluding diaryl/α,β-unsaturated/α-hetero) is 1. The van der Waals surface area contributed by atoms with Crippen molar-refractivity contribution in [2.24, 2.45) is 0 Å². The summed E-state index contributed by atoms with van der Waals surface area (Å²) in [6.07, 6.45) is 3.18. The van der Waals surface area contributed by atoms with Crippen LogP contribution in [0.1, 0.15) is 17.2 Å². The van der Waals surface area contributed by atoms with E-state index < -0.39 is 17.7 Å². The van der Waals surface area contributed by atoms with Crippen molar-refractivity contribution in [3.05, 3.63) is 94.5 Å². The van der Waals surface area contributed by atoms with E-state index in [4.69, 9.17) is 16.3 Å². The van der Waals surface area contributed by atoms with Gasteiger partial charge < -0.3 is 9.84 Å². The van der Waals surface area contributed by atoms with E-state index in [1.54, 1.807) is 66.2 Å². The number of ketones is 1. The molecule has 4 rings (SSSR count). The number of carbonyl (C=O) groups is 2. The molecule has 8 heteroatoms. The molecule has 31 heavy (non-hydrogen) atoms. The number of amides is 1. The molecule has 3 aromatic rings. The maximum Gasteiger partial charge on any atom is 0.301 e. The Hall–Kier alpha value is -3.42. The summed E-state index contributed by atoms with van der Waals surface area (Å²) in [4.78, 5) is 31.4. The SMILES string of the molecule is C=CCOc1ccc(C(O)=C2C(=O)C(=O)N(c3nccs3)[C@H]2c2cccc(Cl)c2)cc1. The number of carbonyl (C=O) groups excluding carboxylic acids is 2.